The SMILES string of the molecule is CC(=O)Nc1cc(-c2ccc(Cl)cc2)nn(CC(=O)Nc2ccc(F)cc2F)c1=O. The van der Waals surface area contributed by atoms with Gasteiger partial charge in [-0.2, -0.15) is 5.10 Å². The van der Waals surface area contributed by atoms with Gasteiger partial charge in [0.1, 0.15) is 23.9 Å². The van der Waals surface area contributed by atoms with Crippen LogP contribution in [0.15, 0.2) is 53.3 Å². The van der Waals surface area contributed by atoms with Crippen LogP contribution >= 0.6 is 11.6 Å². The third kappa shape index (κ3) is 5.06. The van der Waals surface area contributed by atoms with E-state index in [1.54, 1.807) is 24.3 Å². The molecule has 2 aromatic carbocycles. The predicted octanol–water partition coefficient (Wildman–Crippen LogP) is 3.44. The minimum absolute atomic E-state index is 0.0804. The minimum Gasteiger partial charge on any atom is -0.322 e. The number of carbonyl (C=O) groups excluding carboxylic acids is 2. The Morgan fingerprint density at radius 1 is 1.03 bits per heavy atom. The lowest BCUT2D eigenvalue weighted by atomic mass is 10.1. The van der Waals surface area contributed by atoms with Gasteiger partial charge in [0.25, 0.3) is 5.56 Å². The van der Waals surface area contributed by atoms with E-state index in [-0.39, 0.29) is 11.4 Å². The fraction of sp³-hybridized carbons (Fsp3) is 0.100. The van der Waals surface area contributed by atoms with Crippen molar-refractivity contribution in [2.45, 2.75) is 13.5 Å². The summed E-state index contributed by atoms with van der Waals surface area (Å²) in [6, 6.07) is 10.6. The highest BCUT2D eigenvalue weighted by Crippen LogP contribution is 2.21. The summed E-state index contributed by atoms with van der Waals surface area (Å²) in [5.74, 6) is -3.00. The molecule has 2 amide bonds. The number of rotatable bonds is 5. The van der Waals surface area contributed by atoms with E-state index in [0.29, 0.717) is 22.3 Å². The molecule has 3 rings (SSSR count). The van der Waals surface area contributed by atoms with Crippen molar-refractivity contribution in [3.63, 3.8) is 0 Å². The first-order chi connectivity index (χ1) is 14.2. The van der Waals surface area contributed by atoms with Crippen LogP contribution in [0.5, 0.6) is 0 Å². The maximum absolute atomic E-state index is 13.8. The van der Waals surface area contributed by atoms with Gasteiger partial charge in [-0.15, -0.1) is 0 Å². The molecule has 154 valence electrons. The molecule has 30 heavy (non-hydrogen) atoms. The van der Waals surface area contributed by atoms with Crippen LogP contribution in [-0.2, 0) is 16.1 Å². The molecular weight excluding hydrogens is 418 g/mol. The predicted molar refractivity (Wildman–Crippen MR) is 108 cm³/mol. The molecule has 0 saturated carbocycles. The summed E-state index contributed by atoms with van der Waals surface area (Å²) in [4.78, 5) is 36.4. The van der Waals surface area contributed by atoms with Crippen LogP contribution in [0.1, 0.15) is 6.92 Å². The summed E-state index contributed by atoms with van der Waals surface area (Å²) in [5.41, 5.74) is -0.160. The standard InChI is InChI=1S/C20H15ClF2N4O3/c1-11(28)24-18-9-17(12-2-4-13(21)5-3-12)26-27(20(18)30)10-19(29)25-16-7-6-14(22)8-15(16)23/h2-9H,10H2,1H3,(H,24,28)(H,25,29). The van der Waals surface area contributed by atoms with Crippen LogP contribution in [0.4, 0.5) is 20.2 Å². The fourth-order valence-corrected chi connectivity index (χ4v) is 2.73. The first-order valence-electron chi connectivity index (χ1n) is 8.63. The van der Waals surface area contributed by atoms with E-state index >= 15 is 0 Å². The molecule has 0 radical (unpaired) electrons. The Morgan fingerprint density at radius 2 is 1.73 bits per heavy atom. The zero-order chi connectivity index (χ0) is 21.8. The number of nitrogens with zero attached hydrogens (tertiary/aromatic N) is 2. The highest BCUT2D eigenvalue weighted by molar-refractivity contribution is 6.30. The number of halogens is 3. The Hall–Kier alpha value is -3.59. The molecule has 0 atom stereocenters. The van der Waals surface area contributed by atoms with Gasteiger partial charge in [-0.25, -0.2) is 13.5 Å². The third-order valence-corrected chi connectivity index (χ3v) is 4.18. The second kappa shape index (κ2) is 8.83. The fourth-order valence-electron chi connectivity index (χ4n) is 2.61. The topological polar surface area (TPSA) is 93.1 Å². The molecule has 0 spiro atoms. The Morgan fingerprint density at radius 3 is 2.37 bits per heavy atom. The number of nitrogens with one attached hydrogen (secondary N) is 2. The molecular formula is C20H15ClF2N4O3. The van der Waals surface area contributed by atoms with Crippen molar-refractivity contribution in [2.75, 3.05) is 10.6 Å². The summed E-state index contributed by atoms with van der Waals surface area (Å²) >= 11 is 5.88. The molecule has 1 aromatic heterocycles. The molecule has 0 aliphatic heterocycles. The monoisotopic (exact) mass is 432 g/mol. The van der Waals surface area contributed by atoms with E-state index in [0.717, 1.165) is 16.8 Å². The summed E-state index contributed by atoms with van der Waals surface area (Å²) in [6.45, 7) is 0.667. The van der Waals surface area contributed by atoms with Gasteiger partial charge in [0.15, 0.2) is 0 Å². The molecule has 0 aliphatic carbocycles. The maximum atomic E-state index is 13.8. The van der Waals surface area contributed by atoms with Crippen molar-refractivity contribution >= 4 is 34.8 Å². The number of amides is 2. The van der Waals surface area contributed by atoms with Gasteiger partial charge >= 0.3 is 0 Å². The first-order valence-corrected chi connectivity index (χ1v) is 9.01. The van der Waals surface area contributed by atoms with Crippen LogP contribution in [0, 0.1) is 11.6 Å². The van der Waals surface area contributed by atoms with Crippen LogP contribution in [-0.4, -0.2) is 21.6 Å². The molecule has 1 heterocycles. The number of carbonyl (C=O) groups is 2. The van der Waals surface area contributed by atoms with Crippen LogP contribution in [0.25, 0.3) is 11.3 Å². The van der Waals surface area contributed by atoms with Gasteiger partial charge < -0.3 is 10.6 Å². The number of aromatic nitrogens is 2. The lowest BCUT2D eigenvalue weighted by Gasteiger charge is -2.12. The van der Waals surface area contributed by atoms with Gasteiger partial charge in [-0.05, 0) is 30.3 Å². The van der Waals surface area contributed by atoms with E-state index in [1.807, 2.05) is 0 Å². The van der Waals surface area contributed by atoms with E-state index in [9.17, 15) is 23.2 Å². The quantitative estimate of drug-likeness (QED) is 0.646. The molecule has 0 aliphatic rings. The zero-order valence-corrected chi connectivity index (χ0v) is 16.3. The Bertz CT molecular complexity index is 1180. The number of hydrogen-bond acceptors (Lipinski definition) is 4. The van der Waals surface area contributed by atoms with Crippen LogP contribution in [0.3, 0.4) is 0 Å². The lowest BCUT2D eigenvalue weighted by Crippen LogP contribution is -2.32. The number of hydrogen-bond donors (Lipinski definition) is 2. The largest absolute Gasteiger partial charge is 0.322 e. The maximum Gasteiger partial charge on any atom is 0.291 e. The molecule has 2 N–H and O–H groups in total. The normalized spacial score (nSPS) is 10.5. The molecule has 0 bridgehead atoms. The Balaban J connectivity index is 1.94. The number of anilines is 2. The van der Waals surface area contributed by atoms with Crippen molar-refractivity contribution in [1.82, 2.24) is 9.78 Å². The van der Waals surface area contributed by atoms with Crippen molar-refractivity contribution in [3.05, 3.63) is 75.5 Å². The van der Waals surface area contributed by atoms with Crippen molar-refractivity contribution < 1.29 is 18.4 Å². The summed E-state index contributed by atoms with van der Waals surface area (Å²) < 4.78 is 27.6. The molecule has 0 fully saturated rings. The van der Waals surface area contributed by atoms with Crippen LogP contribution in [0.2, 0.25) is 5.02 Å². The van der Waals surface area contributed by atoms with E-state index in [2.05, 4.69) is 15.7 Å². The third-order valence-electron chi connectivity index (χ3n) is 3.92. The van der Waals surface area contributed by atoms with Gasteiger partial charge in [-0.1, -0.05) is 23.7 Å². The van der Waals surface area contributed by atoms with E-state index in [1.165, 1.54) is 13.0 Å². The van der Waals surface area contributed by atoms with Crippen molar-refractivity contribution in [1.29, 1.82) is 0 Å². The highest BCUT2D eigenvalue weighted by atomic mass is 35.5. The Kier molecular flexibility index (Phi) is 6.22. The molecule has 3 aromatic rings. The molecule has 10 heteroatoms. The minimum atomic E-state index is -0.961. The van der Waals surface area contributed by atoms with E-state index in [4.69, 9.17) is 11.6 Å². The smallest absolute Gasteiger partial charge is 0.291 e. The first kappa shape index (κ1) is 21.1. The Labute approximate surface area is 174 Å². The molecule has 0 unspecified atom stereocenters. The summed E-state index contributed by atoms with van der Waals surface area (Å²) in [7, 11) is 0. The average Bonchev–Trinajstić information content (AvgIpc) is 2.67. The molecule has 7 nitrogen and oxygen atoms in total. The van der Waals surface area contributed by atoms with Crippen LogP contribution < -0.4 is 16.2 Å². The summed E-state index contributed by atoms with van der Waals surface area (Å²) in [5, 5.41) is 9.31. The number of benzene rings is 2. The highest BCUT2D eigenvalue weighted by Gasteiger charge is 2.15. The van der Waals surface area contributed by atoms with E-state index < -0.39 is 35.6 Å². The second-order valence-corrected chi connectivity index (χ2v) is 6.70. The zero-order valence-electron chi connectivity index (χ0n) is 15.6. The second-order valence-electron chi connectivity index (χ2n) is 6.27. The lowest BCUT2D eigenvalue weighted by molar-refractivity contribution is -0.117. The van der Waals surface area contributed by atoms with Gasteiger partial charge in [0.05, 0.1) is 11.4 Å². The molecule has 0 saturated heterocycles. The van der Waals surface area contributed by atoms with Crippen molar-refractivity contribution in [3.8, 4) is 11.3 Å². The summed E-state index contributed by atoms with van der Waals surface area (Å²) in [6.07, 6.45) is 0. The van der Waals surface area contributed by atoms with Crippen molar-refractivity contribution in [2.24, 2.45) is 0 Å². The van der Waals surface area contributed by atoms with Gasteiger partial charge in [0, 0.05) is 23.6 Å². The van der Waals surface area contributed by atoms with Gasteiger partial charge in [0.2, 0.25) is 11.8 Å². The van der Waals surface area contributed by atoms with Gasteiger partial charge in [-0.3, -0.25) is 14.4 Å². The average molecular weight is 433 g/mol.